The van der Waals surface area contributed by atoms with Crippen LogP contribution in [-0.4, -0.2) is 11.9 Å². The van der Waals surface area contributed by atoms with E-state index in [-0.39, 0.29) is 5.78 Å². The summed E-state index contributed by atoms with van der Waals surface area (Å²) in [5, 5.41) is 0.609. The molecule has 98 valence electrons. The first kappa shape index (κ1) is 14.1. The number of Topliss-reactive ketones (excluding diaryl/α,β-unsaturated/α-hetero) is 1. The maximum atomic E-state index is 12.1. The number of benzene rings is 2. The molecule has 0 bridgehead atoms. The van der Waals surface area contributed by atoms with Crippen LogP contribution in [0.1, 0.15) is 17.3 Å². The summed E-state index contributed by atoms with van der Waals surface area (Å²) in [6.45, 7) is 1.74. The van der Waals surface area contributed by atoms with Crippen molar-refractivity contribution in [2.45, 2.75) is 13.0 Å². The third kappa shape index (κ3) is 3.82. The Kier molecular flexibility index (Phi) is 4.61. The van der Waals surface area contributed by atoms with Gasteiger partial charge in [0.15, 0.2) is 6.10 Å². The molecule has 19 heavy (non-hydrogen) atoms. The summed E-state index contributed by atoms with van der Waals surface area (Å²) in [4.78, 5) is 12.1. The van der Waals surface area contributed by atoms with Gasteiger partial charge < -0.3 is 4.74 Å². The van der Waals surface area contributed by atoms with Gasteiger partial charge in [0.25, 0.3) is 0 Å². The standard InChI is InChI=1S/C15H12BrClO2/c1-10(19-14-8-4-12(16)5-9-14)15(18)11-2-6-13(17)7-3-11/h2-10H,1H3/t10-/m0/s1. The van der Waals surface area contributed by atoms with E-state index in [1.807, 2.05) is 24.3 Å². The Morgan fingerprint density at radius 2 is 1.68 bits per heavy atom. The van der Waals surface area contributed by atoms with Crippen LogP contribution in [-0.2, 0) is 0 Å². The largest absolute Gasteiger partial charge is 0.483 e. The normalized spacial score (nSPS) is 11.9. The lowest BCUT2D eigenvalue weighted by molar-refractivity contribution is 0.0818. The van der Waals surface area contributed by atoms with E-state index in [0.717, 1.165) is 4.47 Å². The molecule has 0 aromatic heterocycles. The summed E-state index contributed by atoms with van der Waals surface area (Å²) in [5.74, 6) is 0.595. The van der Waals surface area contributed by atoms with Crippen LogP contribution in [0.5, 0.6) is 5.75 Å². The number of hydrogen-bond donors (Lipinski definition) is 0. The van der Waals surface area contributed by atoms with Crippen molar-refractivity contribution in [3.8, 4) is 5.75 Å². The molecule has 0 radical (unpaired) electrons. The summed E-state index contributed by atoms with van der Waals surface area (Å²) in [6, 6.07) is 14.2. The minimum absolute atomic E-state index is 0.0698. The van der Waals surface area contributed by atoms with Gasteiger partial charge in [-0.2, -0.15) is 0 Å². The molecule has 0 unspecified atom stereocenters. The average Bonchev–Trinajstić information content (AvgIpc) is 2.41. The van der Waals surface area contributed by atoms with Crippen LogP contribution in [0.2, 0.25) is 5.02 Å². The summed E-state index contributed by atoms with van der Waals surface area (Å²) in [5.41, 5.74) is 0.592. The zero-order valence-corrected chi connectivity index (χ0v) is 12.6. The lowest BCUT2D eigenvalue weighted by Crippen LogP contribution is -2.23. The molecule has 0 aliphatic heterocycles. The molecule has 0 heterocycles. The van der Waals surface area contributed by atoms with Crippen LogP contribution >= 0.6 is 27.5 Å². The number of carbonyl (C=O) groups excluding carboxylic acids is 1. The van der Waals surface area contributed by atoms with E-state index in [4.69, 9.17) is 16.3 Å². The number of rotatable bonds is 4. The zero-order chi connectivity index (χ0) is 13.8. The average molecular weight is 340 g/mol. The molecule has 2 nitrogen and oxygen atoms in total. The van der Waals surface area contributed by atoms with Crippen molar-refractivity contribution in [1.29, 1.82) is 0 Å². The Bertz CT molecular complexity index is 564. The highest BCUT2D eigenvalue weighted by atomic mass is 79.9. The van der Waals surface area contributed by atoms with Gasteiger partial charge in [0.1, 0.15) is 5.75 Å². The van der Waals surface area contributed by atoms with E-state index >= 15 is 0 Å². The fourth-order valence-corrected chi connectivity index (χ4v) is 2.01. The minimum Gasteiger partial charge on any atom is -0.483 e. The maximum absolute atomic E-state index is 12.1. The molecule has 4 heteroatoms. The van der Waals surface area contributed by atoms with Crippen molar-refractivity contribution in [2.24, 2.45) is 0 Å². The minimum atomic E-state index is -0.539. The van der Waals surface area contributed by atoms with Crippen molar-refractivity contribution in [3.05, 3.63) is 63.6 Å². The van der Waals surface area contributed by atoms with E-state index in [0.29, 0.717) is 16.3 Å². The maximum Gasteiger partial charge on any atom is 0.202 e. The van der Waals surface area contributed by atoms with Crippen LogP contribution in [0.4, 0.5) is 0 Å². The van der Waals surface area contributed by atoms with Crippen molar-refractivity contribution in [2.75, 3.05) is 0 Å². The Morgan fingerprint density at radius 3 is 2.26 bits per heavy atom. The SMILES string of the molecule is C[C@H](Oc1ccc(Br)cc1)C(=O)c1ccc(Cl)cc1. The fraction of sp³-hybridized carbons (Fsp3) is 0.133. The van der Waals surface area contributed by atoms with E-state index in [1.54, 1.807) is 31.2 Å². The summed E-state index contributed by atoms with van der Waals surface area (Å²) in [7, 11) is 0. The quantitative estimate of drug-likeness (QED) is 0.751. The van der Waals surface area contributed by atoms with Gasteiger partial charge in [-0.15, -0.1) is 0 Å². The van der Waals surface area contributed by atoms with Crippen LogP contribution in [0.3, 0.4) is 0 Å². The Labute approximate surface area is 125 Å². The molecule has 0 saturated heterocycles. The lowest BCUT2D eigenvalue weighted by Gasteiger charge is -2.13. The van der Waals surface area contributed by atoms with Gasteiger partial charge in [-0.3, -0.25) is 4.79 Å². The molecule has 0 amide bonds. The topological polar surface area (TPSA) is 26.3 Å². The van der Waals surface area contributed by atoms with Gasteiger partial charge in [-0.25, -0.2) is 0 Å². The van der Waals surface area contributed by atoms with Gasteiger partial charge in [-0.05, 0) is 55.5 Å². The summed E-state index contributed by atoms with van der Waals surface area (Å²) >= 11 is 9.14. The number of halogens is 2. The Hall–Kier alpha value is -1.32. The van der Waals surface area contributed by atoms with Crippen LogP contribution in [0.25, 0.3) is 0 Å². The molecule has 2 aromatic carbocycles. The molecule has 0 N–H and O–H groups in total. The fourth-order valence-electron chi connectivity index (χ4n) is 1.62. The number of ether oxygens (including phenoxy) is 1. The highest BCUT2D eigenvalue weighted by Crippen LogP contribution is 2.19. The molecular weight excluding hydrogens is 328 g/mol. The van der Waals surface area contributed by atoms with Crippen molar-refractivity contribution < 1.29 is 9.53 Å². The Morgan fingerprint density at radius 1 is 1.11 bits per heavy atom. The lowest BCUT2D eigenvalue weighted by atomic mass is 10.1. The predicted octanol–water partition coefficient (Wildman–Crippen LogP) is 4.75. The van der Waals surface area contributed by atoms with Gasteiger partial charge in [-0.1, -0.05) is 27.5 Å². The number of ketones is 1. The third-order valence-electron chi connectivity index (χ3n) is 2.62. The first-order valence-electron chi connectivity index (χ1n) is 5.78. The first-order chi connectivity index (χ1) is 9.06. The second kappa shape index (κ2) is 6.22. The van der Waals surface area contributed by atoms with Gasteiger partial charge in [0.05, 0.1) is 0 Å². The molecule has 2 rings (SSSR count). The molecule has 0 saturated carbocycles. The highest BCUT2D eigenvalue weighted by molar-refractivity contribution is 9.10. The monoisotopic (exact) mass is 338 g/mol. The van der Waals surface area contributed by atoms with Crippen LogP contribution in [0, 0.1) is 0 Å². The molecule has 1 atom stereocenters. The number of carbonyl (C=O) groups is 1. The number of hydrogen-bond acceptors (Lipinski definition) is 2. The van der Waals surface area contributed by atoms with Crippen molar-refractivity contribution in [1.82, 2.24) is 0 Å². The molecule has 2 aromatic rings. The summed E-state index contributed by atoms with van der Waals surface area (Å²) < 4.78 is 6.58. The third-order valence-corrected chi connectivity index (χ3v) is 3.41. The van der Waals surface area contributed by atoms with Crippen molar-refractivity contribution >= 4 is 33.3 Å². The van der Waals surface area contributed by atoms with Crippen LogP contribution < -0.4 is 4.74 Å². The molecule has 0 spiro atoms. The van der Waals surface area contributed by atoms with E-state index in [1.165, 1.54) is 0 Å². The van der Waals surface area contributed by atoms with E-state index in [2.05, 4.69) is 15.9 Å². The van der Waals surface area contributed by atoms with Crippen molar-refractivity contribution in [3.63, 3.8) is 0 Å². The first-order valence-corrected chi connectivity index (χ1v) is 6.95. The second-order valence-corrected chi connectivity index (χ2v) is 5.44. The predicted molar refractivity (Wildman–Crippen MR) is 80.0 cm³/mol. The van der Waals surface area contributed by atoms with Crippen LogP contribution in [0.15, 0.2) is 53.0 Å². The molecule has 0 aliphatic carbocycles. The second-order valence-electron chi connectivity index (χ2n) is 4.09. The zero-order valence-electron chi connectivity index (χ0n) is 10.3. The molecular formula is C15H12BrClO2. The summed E-state index contributed by atoms with van der Waals surface area (Å²) in [6.07, 6.45) is -0.539. The van der Waals surface area contributed by atoms with Gasteiger partial charge >= 0.3 is 0 Å². The molecule has 0 aliphatic rings. The van der Waals surface area contributed by atoms with E-state index in [9.17, 15) is 4.79 Å². The highest BCUT2D eigenvalue weighted by Gasteiger charge is 2.16. The Balaban J connectivity index is 2.07. The van der Waals surface area contributed by atoms with Gasteiger partial charge in [0.2, 0.25) is 5.78 Å². The van der Waals surface area contributed by atoms with E-state index < -0.39 is 6.10 Å². The molecule has 0 fully saturated rings. The van der Waals surface area contributed by atoms with Gasteiger partial charge in [0, 0.05) is 15.1 Å². The smallest absolute Gasteiger partial charge is 0.202 e.